The summed E-state index contributed by atoms with van der Waals surface area (Å²) >= 11 is 0. The molecule has 0 unspecified atom stereocenters. The number of rotatable bonds is 4. The Kier molecular flexibility index (Phi) is 3.75. The topological polar surface area (TPSA) is 52.7 Å². The van der Waals surface area contributed by atoms with Crippen LogP contribution in [0.3, 0.4) is 0 Å². The molecule has 0 amide bonds. The van der Waals surface area contributed by atoms with Crippen molar-refractivity contribution in [3.8, 4) is 0 Å². The average Bonchev–Trinajstić information content (AvgIpc) is 3.28. The largest absolute Gasteiger partial charge is 0.419 e. The van der Waals surface area contributed by atoms with Gasteiger partial charge in [-0.25, -0.2) is 4.98 Å². The molecular weight excluding hydrogens is 317 g/mol. The molecule has 128 valence electrons. The number of hydrogen-bond acceptors (Lipinski definition) is 3. The van der Waals surface area contributed by atoms with Gasteiger partial charge < -0.3 is 15.6 Å². The fraction of sp³-hybridized carbons (Fsp3) is 0.471. The van der Waals surface area contributed by atoms with Crippen LogP contribution in [-0.4, -0.2) is 29.6 Å². The second-order valence-corrected chi connectivity index (χ2v) is 6.50. The predicted molar refractivity (Wildman–Crippen MR) is 87.8 cm³/mol. The standard InChI is InChI=1S/C17H19F3N4/c18-17(19,20)13-9-23-16-12(15(13)22-8-10-1-2-10)7-14(24-16)11-3-5-21-6-4-11/h3,7,9-10,21H,1-2,4-6,8H2,(H2,22,23,24). The van der Waals surface area contributed by atoms with Crippen LogP contribution in [0.4, 0.5) is 18.9 Å². The number of H-pyrrole nitrogens is 1. The molecule has 0 radical (unpaired) electrons. The van der Waals surface area contributed by atoms with Crippen LogP contribution in [0.2, 0.25) is 0 Å². The smallest absolute Gasteiger partial charge is 0.384 e. The summed E-state index contributed by atoms with van der Waals surface area (Å²) < 4.78 is 40.1. The number of anilines is 1. The minimum Gasteiger partial charge on any atom is -0.384 e. The van der Waals surface area contributed by atoms with Gasteiger partial charge in [-0.3, -0.25) is 0 Å². The van der Waals surface area contributed by atoms with E-state index in [9.17, 15) is 13.2 Å². The molecule has 0 bridgehead atoms. The quantitative estimate of drug-likeness (QED) is 0.796. The van der Waals surface area contributed by atoms with Gasteiger partial charge in [0.25, 0.3) is 0 Å². The summed E-state index contributed by atoms with van der Waals surface area (Å²) in [6, 6.07) is 1.80. The highest BCUT2D eigenvalue weighted by molar-refractivity contribution is 5.94. The van der Waals surface area contributed by atoms with E-state index in [1.54, 1.807) is 6.07 Å². The summed E-state index contributed by atoms with van der Waals surface area (Å²) in [6.45, 7) is 2.23. The van der Waals surface area contributed by atoms with E-state index in [-0.39, 0.29) is 5.69 Å². The van der Waals surface area contributed by atoms with E-state index < -0.39 is 11.7 Å². The summed E-state index contributed by atoms with van der Waals surface area (Å²) in [4.78, 5) is 7.18. The Labute approximate surface area is 137 Å². The van der Waals surface area contributed by atoms with Gasteiger partial charge >= 0.3 is 6.18 Å². The van der Waals surface area contributed by atoms with Crippen LogP contribution in [0.25, 0.3) is 16.6 Å². The monoisotopic (exact) mass is 336 g/mol. The predicted octanol–water partition coefficient (Wildman–Crippen LogP) is 3.78. The maximum Gasteiger partial charge on any atom is 0.419 e. The summed E-state index contributed by atoms with van der Waals surface area (Å²) in [6.07, 6.45) is 1.59. The van der Waals surface area contributed by atoms with Crippen molar-refractivity contribution in [1.82, 2.24) is 15.3 Å². The summed E-state index contributed by atoms with van der Waals surface area (Å²) in [5.41, 5.74) is 1.92. The maximum atomic E-state index is 13.4. The summed E-state index contributed by atoms with van der Waals surface area (Å²) in [5, 5.41) is 6.77. The zero-order chi connectivity index (χ0) is 16.7. The van der Waals surface area contributed by atoms with Crippen molar-refractivity contribution < 1.29 is 13.2 Å². The van der Waals surface area contributed by atoms with E-state index in [0.717, 1.165) is 49.8 Å². The Morgan fingerprint density at radius 2 is 2.12 bits per heavy atom. The van der Waals surface area contributed by atoms with Gasteiger partial charge in [0.1, 0.15) is 5.65 Å². The number of hydrogen-bond donors (Lipinski definition) is 3. The number of fused-ring (bicyclic) bond motifs is 1. The Morgan fingerprint density at radius 3 is 2.79 bits per heavy atom. The van der Waals surface area contributed by atoms with Gasteiger partial charge in [-0.2, -0.15) is 13.2 Å². The number of halogens is 3. The van der Waals surface area contributed by atoms with E-state index in [1.165, 1.54) is 0 Å². The van der Waals surface area contributed by atoms with E-state index >= 15 is 0 Å². The summed E-state index contributed by atoms with van der Waals surface area (Å²) in [7, 11) is 0. The van der Waals surface area contributed by atoms with Gasteiger partial charge in [0, 0.05) is 30.4 Å². The fourth-order valence-electron chi connectivity index (χ4n) is 3.09. The van der Waals surface area contributed by atoms with Crippen LogP contribution in [0, 0.1) is 5.92 Å². The van der Waals surface area contributed by atoms with Gasteiger partial charge in [-0.15, -0.1) is 0 Å². The second kappa shape index (κ2) is 5.81. The zero-order valence-corrected chi connectivity index (χ0v) is 13.1. The Morgan fingerprint density at radius 1 is 1.29 bits per heavy atom. The minimum atomic E-state index is -4.42. The van der Waals surface area contributed by atoms with Crippen molar-refractivity contribution in [2.24, 2.45) is 5.92 Å². The van der Waals surface area contributed by atoms with Gasteiger partial charge in [0.05, 0.1) is 11.3 Å². The first-order valence-electron chi connectivity index (χ1n) is 8.25. The lowest BCUT2D eigenvalue weighted by molar-refractivity contribution is -0.137. The number of aromatic amines is 1. The lowest BCUT2D eigenvalue weighted by Crippen LogP contribution is -2.20. The zero-order valence-electron chi connectivity index (χ0n) is 13.1. The first-order valence-corrected chi connectivity index (χ1v) is 8.25. The number of aromatic nitrogens is 2. The highest BCUT2D eigenvalue weighted by atomic mass is 19.4. The van der Waals surface area contributed by atoms with Crippen molar-refractivity contribution >= 4 is 22.3 Å². The molecule has 3 N–H and O–H groups in total. The lowest BCUT2D eigenvalue weighted by atomic mass is 10.1. The molecule has 1 fully saturated rings. The molecule has 24 heavy (non-hydrogen) atoms. The molecule has 2 aromatic heterocycles. The highest BCUT2D eigenvalue weighted by Crippen LogP contribution is 2.40. The number of pyridine rings is 1. The number of alkyl halides is 3. The van der Waals surface area contributed by atoms with Gasteiger partial charge in [-0.1, -0.05) is 6.08 Å². The van der Waals surface area contributed by atoms with Crippen molar-refractivity contribution in [2.75, 3.05) is 25.0 Å². The number of nitrogens with zero attached hydrogens (tertiary/aromatic N) is 1. The molecule has 3 heterocycles. The molecule has 4 nitrogen and oxygen atoms in total. The molecule has 1 aliphatic heterocycles. The number of nitrogens with one attached hydrogen (secondary N) is 3. The Bertz CT molecular complexity index is 787. The second-order valence-electron chi connectivity index (χ2n) is 6.50. The molecule has 2 aliphatic rings. The third-order valence-corrected chi connectivity index (χ3v) is 4.64. The van der Waals surface area contributed by atoms with Crippen LogP contribution in [0.5, 0.6) is 0 Å². The average molecular weight is 336 g/mol. The fourth-order valence-corrected chi connectivity index (χ4v) is 3.09. The van der Waals surface area contributed by atoms with E-state index in [4.69, 9.17) is 0 Å². The first-order chi connectivity index (χ1) is 11.5. The molecule has 7 heteroatoms. The van der Waals surface area contributed by atoms with Gasteiger partial charge in [0.15, 0.2) is 0 Å². The normalized spacial score (nSPS) is 18.7. The van der Waals surface area contributed by atoms with Gasteiger partial charge in [0.2, 0.25) is 0 Å². The first kappa shape index (κ1) is 15.5. The molecule has 1 saturated carbocycles. The van der Waals surface area contributed by atoms with Crippen molar-refractivity contribution in [1.29, 1.82) is 0 Å². The van der Waals surface area contributed by atoms with Gasteiger partial charge in [-0.05, 0) is 43.4 Å². The molecule has 0 spiro atoms. The van der Waals surface area contributed by atoms with Crippen LogP contribution in [-0.2, 0) is 6.18 Å². The molecule has 0 saturated heterocycles. The molecule has 0 aromatic carbocycles. The Balaban J connectivity index is 1.78. The Hall–Kier alpha value is -2.02. The molecule has 2 aromatic rings. The third kappa shape index (κ3) is 3.00. The van der Waals surface area contributed by atoms with E-state index in [1.807, 2.05) is 0 Å². The van der Waals surface area contributed by atoms with Crippen LogP contribution >= 0.6 is 0 Å². The van der Waals surface area contributed by atoms with E-state index in [2.05, 4.69) is 26.7 Å². The SMILES string of the molecule is FC(F)(F)c1cnc2[nH]c(C3=CCNCC3)cc2c1NCC1CC1. The van der Waals surface area contributed by atoms with Crippen LogP contribution < -0.4 is 10.6 Å². The molecule has 0 atom stereocenters. The molecule has 1 aliphatic carbocycles. The summed E-state index contributed by atoms with van der Waals surface area (Å²) in [5.74, 6) is 0.486. The molecule has 4 rings (SSSR count). The van der Waals surface area contributed by atoms with Crippen LogP contribution in [0.1, 0.15) is 30.5 Å². The van der Waals surface area contributed by atoms with Crippen LogP contribution in [0.15, 0.2) is 18.3 Å². The van der Waals surface area contributed by atoms with E-state index in [0.29, 0.717) is 23.5 Å². The molecular formula is C17H19F3N4. The maximum absolute atomic E-state index is 13.4. The minimum absolute atomic E-state index is 0.149. The van der Waals surface area contributed by atoms with Crippen molar-refractivity contribution in [3.63, 3.8) is 0 Å². The third-order valence-electron chi connectivity index (χ3n) is 4.64. The highest BCUT2D eigenvalue weighted by Gasteiger charge is 2.36. The van der Waals surface area contributed by atoms with Crippen molar-refractivity contribution in [2.45, 2.75) is 25.4 Å². The lowest BCUT2D eigenvalue weighted by Gasteiger charge is -2.15. The van der Waals surface area contributed by atoms with Crippen molar-refractivity contribution in [3.05, 3.63) is 29.6 Å².